The summed E-state index contributed by atoms with van der Waals surface area (Å²) in [6.45, 7) is 2.48. The Morgan fingerprint density at radius 1 is 1.53 bits per heavy atom. The minimum atomic E-state index is -0.0750. The van der Waals surface area contributed by atoms with Crippen LogP contribution in [-0.2, 0) is 6.54 Å². The van der Waals surface area contributed by atoms with Gasteiger partial charge in [-0.05, 0) is 34.5 Å². The Morgan fingerprint density at radius 2 is 2.35 bits per heavy atom. The molecule has 0 fully saturated rings. The first-order valence-electron chi connectivity index (χ1n) is 5.09. The van der Waals surface area contributed by atoms with Gasteiger partial charge in [-0.1, -0.05) is 12.1 Å². The Hall–Kier alpha value is -1.20. The summed E-state index contributed by atoms with van der Waals surface area (Å²) in [7, 11) is 0. The lowest BCUT2D eigenvalue weighted by atomic mass is 10.1. The van der Waals surface area contributed by atoms with E-state index < -0.39 is 0 Å². The second-order valence-electron chi connectivity index (χ2n) is 3.59. The molecule has 1 heterocycles. The number of carbonyl (C=O) groups excluding carboxylic acids is 1. The molecule has 1 aromatic carbocycles. The molecule has 0 radical (unpaired) electrons. The standard InChI is InChI=1S/C12H11BrN2OS/c1-8-3-2-4-10(11(8)13)12(16)15-6-9-5-14-7-17-9/h2-5,7H,6H2,1H3,(H,15,16). The van der Waals surface area contributed by atoms with E-state index in [-0.39, 0.29) is 5.91 Å². The third kappa shape index (κ3) is 2.92. The number of thiazole rings is 1. The highest BCUT2D eigenvalue weighted by Gasteiger charge is 2.10. The zero-order valence-electron chi connectivity index (χ0n) is 9.24. The van der Waals surface area contributed by atoms with Crippen LogP contribution in [0.25, 0.3) is 0 Å². The number of nitrogens with one attached hydrogen (secondary N) is 1. The van der Waals surface area contributed by atoms with Crippen molar-refractivity contribution in [1.82, 2.24) is 10.3 Å². The monoisotopic (exact) mass is 310 g/mol. The molecule has 1 aromatic heterocycles. The first-order chi connectivity index (χ1) is 8.18. The van der Waals surface area contributed by atoms with Gasteiger partial charge in [-0.3, -0.25) is 9.78 Å². The van der Waals surface area contributed by atoms with E-state index in [2.05, 4.69) is 26.2 Å². The van der Waals surface area contributed by atoms with Crippen molar-refractivity contribution in [3.63, 3.8) is 0 Å². The summed E-state index contributed by atoms with van der Waals surface area (Å²) in [5.41, 5.74) is 3.47. The van der Waals surface area contributed by atoms with Crippen LogP contribution in [0.5, 0.6) is 0 Å². The SMILES string of the molecule is Cc1cccc(C(=O)NCc2cncs2)c1Br. The van der Waals surface area contributed by atoms with E-state index in [4.69, 9.17) is 0 Å². The van der Waals surface area contributed by atoms with E-state index in [9.17, 15) is 4.79 Å². The summed E-state index contributed by atoms with van der Waals surface area (Å²) in [5, 5.41) is 2.87. The fraction of sp³-hybridized carbons (Fsp3) is 0.167. The van der Waals surface area contributed by atoms with Crippen molar-refractivity contribution in [1.29, 1.82) is 0 Å². The molecule has 0 bridgehead atoms. The van der Waals surface area contributed by atoms with Crippen LogP contribution in [0.3, 0.4) is 0 Å². The lowest BCUT2D eigenvalue weighted by Gasteiger charge is -2.07. The largest absolute Gasteiger partial charge is 0.347 e. The second kappa shape index (κ2) is 5.42. The molecule has 0 aliphatic rings. The molecule has 0 saturated carbocycles. The fourth-order valence-electron chi connectivity index (χ4n) is 1.41. The van der Waals surface area contributed by atoms with Crippen molar-refractivity contribution >= 4 is 33.2 Å². The van der Waals surface area contributed by atoms with Crippen molar-refractivity contribution in [3.05, 3.63) is 50.4 Å². The molecule has 2 rings (SSSR count). The second-order valence-corrected chi connectivity index (χ2v) is 5.35. The van der Waals surface area contributed by atoms with Gasteiger partial charge in [0, 0.05) is 15.5 Å². The summed E-state index contributed by atoms with van der Waals surface area (Å²) in [6, 6.07) is 5.64. The summed E-state index contributed by atoms with van der Waals surface area (Å²) >= 11 is 4.96. The fourth-order valence-corrected chi connectivity index (χ4v) is 2.39. The molecule has 0 aliphatic carbocycles. The smallest absolute Gasteiger partial charge is 0.252 e. The molecule has 88 valence electrons. The maximum absolute atomic E-state index is 12.0. The highest BCUT2D eigenvalue weighted by molar-refractivity contribution is 9.10. The van der Waals surface area contributed by atoms with Gasteiger partial charge in [-0.15, -0.1) is 11.3 Å². The molecule has 2 aromatic rings. The summed E-state index contributed by atoms with van der Waals surface area (Å²) in [4.78, 5) is 17.0. The molecule has 0 saturated heterocycles. The van der Waals surface area contributed by atoms with Gasteiger partial charge in [-0.25, -0.2) is 0 Å². The lowest BCUT2D eigenvalue weighted by Crippen LogP contribution is -2.22. The quantitative estimate of drug-likeness (QED) is 0.946. The van der Waals surface area contributed by atoms with Crippen molar-refractivity contribution < 1.29 is 4.79 Å². The molecule has 17 heavy (non-hydrogen) atoms. The Labute approximate surface area is 112 Å². The van der Waals surface area contributed by atoms with Gasteiger partial charge in [-0.2, -0.15) is 0 Å². The topological polar surface area (TPSA) is 42.0 Å². The summed E-state index contributed by atoms with van der Waals surface area (Å²) in [6.07, 6.45) is 1.76. The first-order valence-corrected chi connectivity index (χ1v) is 6.76. The molecule has 1 amide bonds. The van der Waals surface area contributed by atoms with Gasteiger partial charge in [0.1, 0.15) is 0 Å². The highest BCUT2D eigenvalue weighted by Crippen LogP contribution is 2.21. The molecular formula is C12H11BrN2OS. The number of aromatic nitrogens is 1. The van der Waals surface area contributed by atoms with Gasteiger partial charge in [0.2, 0.25) is 0 Å². The number of amides is 1. The predicted octanol–water partition coefficient (Wildman–Crippen LogP) is 3.14. The Bertz CT molecular complexity index is 525. The summed E-state index contributed by atoms with van der Waals surface area (Å²) < 4.78 is 0.849. The van der Waals surface area contributed by atoms with Crippen LogP contribution in [0.1, 0.15) is 20.8 Å². The van der Waals surface area contributed by atoms with E-state index >= 15 is 0 Å². The zero-order chi connectivity index (χ0) is 12.3. The van der Waals surface area contributed by atoms with E-state index in [0.717, 1.165) is 14.9 Å². The minimum absolute atomic E-state index is 0.0750. The molecule has 0 unspecified atom stereocenters. The molecule has 3 nitrogen and oxygen atoms in total. The molecular weight excluding hydrogens is 300 g/mol. The van der Waals surface area contributed by atoms with Crippen LogP contribution in [0.2, 0.25) is 0 Å². The number of nitrogens with zero attached hydrogens (tertiary/aromatic N) is 1. The highest BCUT2D eigenvalue weighted by atomic mass is 79.9. The lowest BCUT2D eigenvalue weighted by molar-refractivity contribution is 0.0950. The van der Waals surface area contributed by atoms with Gasteiger partial charge in [0.15, 0.2) is 0 Å². The van der Waals surface area contributed by atoms with Gasteiger partial charge >= 0.3 is 0 Å². The van der Waals surface area contributed by atoms with E-state index in [0.29, 0.717) is 12.1 Å². The predicted molar refractivity (Wildman–Crippen MR) is 72.2 cm³/mol. The average molecular weight is 311 g/mol. The number of hydrogen-bond donors (Lipinski definition) is 1. The number of benzene rings is 1. The zero-order valence-corrected chi connectivity index (χ0v) is 11.6. The van der Waals surface area contributed by atoms with Crippen molar-refractivity contribution in [2.75, 3.05) is 0 Å². The van der Waals surface area contributed by atoms with Crippen molar-refractivity contribution in [3.8, 4) is 0 Å². The number of halogens is 1. The Balaban J connectivity index is 2.07. The van der Waals surface area contributed by atoms with Crippen molar-refractivity contribution in [2.45, 2.75) is 13.5 Å². The molecule has 0 aliphatic heterocycles. The molecule has 1 N–H and O–H groups in total. The van der Waals surface area contributed by atoms with E-state index in [1.54, 1.807) is 17.8 Å². The van der Waals surface area contributed by atoms with Crippen LogP contribution >= 0.6 is 27.3 Å². The van der Waals surface area contributed by atoms with Gasteiger partial charge in [0.25, 0.3) is 5.91 Å². The molecule has 0 atom stereocenters. The molecule has 5 heteroatoms. The first kappa shape index (κ1) is 12.3. The van der Waals surface area contributed by atoms with Crippen LogP contribution in [0.15, 0.2) is 34.4 Å². The van der Waals surface area contributed by atoms with Gasteiger partial charge < -0.3 is 5.32 Å². The molecule has 0 spiro atoms. The Morgan fingerprint density at radius 3 is 3.06 bits per heavy atom. The van der Waals surface area contributed by atoms with Crippen LogP contribution in [-0.4, -0.2) is 10.9 Å². The van der Waals surface area contributed by atoms with Crippen molar-refractivity contribution in [2.24, 2.45) is 0 Å². The van der Waals surface area contributed by atoms with E-state index in [1.807, 2.05) is 19.1 Å². The third-order valence-electron chi connectivity index (χ3n) is 2.34. The van der Waals surface area contributed by atoms with E-state index in [1.165, 1.54) is 11.3 Å². The number of carbonyl (C=O) groups is 1. The third-order valence-corrected chi connectivity index (χ3v) is 4.18. The summed E-state index contributed by atoms with van der Waals surface area (Å²) in [5.74, 6) is -0.0750. The van der Waals surface area contributed by atoms with Crippen LogP contribution in [0, 0.1) is 6.92 Å². The maximum atomic E-state index is 12.0. The number of aryl methyl sites for hydroxylation is 1. The van der Waals surface area contributed by atoms with Gasteiger partial charge in [0.05, 0.1) is 17.6 Å². The van der Waals surface area contributed by atoms with Crippen LogP contribution in [0.4, 0.5) is 0 Å². The number of rotatable bonds is 3. The maximum Gasteiger partial charge on any atom is 0.252 e. The number of hydrogen-bond acceptors (Lipinski definition) is 3. The Kier molecular flexibility index (Phi) is 3.91. The minimum Gasteiger partial charge on any atom is -0.347 e. The normalized spacial score (nSPS) is 10.2. The average Bonchev–Trinajstić information content (AvgIpc) is 2.82. The van der Waals surface area contributed by atoms with Crippen LogP contribution < -0.4 is 5.32 Å².